The monoisotopic (exact) mass is 267 g/mol. The van der Waals surface area contributed by atoms with Crippen LogP contribution >= 0.6 is 0 Å². The van der Waals surface area contributed by atoms with E-state index >= 15 is 0 Å². The van der Waals surface area contributed by atoms with Crippen LogP contribution in [0.15, 0.2) is 0 Å². The predicted octanol–water partition coefficient (Wildman–Crippen LogP) is -1.02. The van der Waals surface area contributed by atoms with E-state index in [0.29, 0.717) is 12.1 Å². The first-order chi connectivity index (χ1) is 9.10. The van der Waals surface area contributed by atoms with E-state index in [-0.39, 0.29) is 0 Å². The lowest BCUT2D eigenvalue weighted by atomic mass is 10.0. The molecule has 7 heteroatoms. The second kappa shape index (κ2) is 6.40. The summed E-state index contributed by atoms with van der Waals surface area (Å²) in [4.78, 5) is 6.37. The molecule has 1 saturated heterocycles. The van der Waals surface area contributed by atoms with Crippen LogP contribution in [0.5, 0.6) is 0 Å². The normalized spacial score (nSPS) is 24.3. The van der Waals surface area contributed by atoms with Gasteiger partial charge in [0.25, 0.3) is 0 Å². The molecule has 0 saturated carbocycles. The maximum Gasteiger partial charge on any atom is 0.176 e. The molecule has 1 aliphatic heterocycles. The second-order valence-corrected chi connectivity index (χ2v) is 5.46. The molecule has 1 N–H and O–H groups in total. The zero-order chi connectivity index (χ0) is 13.8. The van der Waals surface area contributed by atoms with Crippen LogP contribution in [0, 0.1) is 0 Å². The third kappa shape index (κ3) is 3.71. The third-order valence-electron chi connectivity index (χ3n) is 3.90. The summed E-state index contributed by atoms with van der Waals surface area (Å²) < 4.78 is 0. The summed E-state index contributed by atoms with van der Waals surface area (Å²) in [5, 5.41) is 15.7. The van der Waals surface area contributed by atoms with Crippen LogP contribution < -0.4 is 5.32 Å². The fourth-order valence-corrected chi connectivity index (χ4v) is 2.77. The van der Waals surface area contributed by atoms with Gasteiger partial charge in [0.2, 0.25) is 0 Å². The van der Waals surface area contributed by atoms with Crippen molar-refractivity contribution < 1.29 is 0 Å². The number of nitrogens with zero attached hydrogens (tertiary/aromatic N) is 6. The van der Waals surface area contributed by atoms with E-state index in [1.165, 1.54) is 17.8 Å². The van der Waals surface area contributed by atoms with Crippen molar-refractivity contribution in [1.29, 1.82) is 0 Å². The zero-order valence-corrected chi connectivity index (χ0v) is 12.4. The van der Waals surface area contributed by atoms with Crippen molar-refractivity contribution in [3.8, 4) is 0 Å². The number of aryl methyl sites for hydroxylation is 1. The van der Waals surface area contributed by atoms with Crippen molar-refractivity contribution in [3.63, 3.8) is 0 Å². The van der Waals surface area contributed by atoms with E-state index in [1.54, 1.807) is 7.05 Å². The topological polar surface area (TPSA) is 62.1 Å². The molecule has 1 aliphatic rings. The summed E-state index contributed by atoms with van der Waals surface area (Å²) >= 11 is 0. The number of likely N-dealkylation sites (N-methyl/N-ethyl adjacent to an activating group) is 3. The van der Waals surface area contributed by atoms with Crippen LogP contribution in [-0.4, -0.2) is 82.9 Å². The molecule has 0 bridgehead atoms. The Bertz CT molecular complexity index is 391. The van der Waals surface area contributed by atoms with Gasteiger partial charge in [-0.3, -0.25) is 0 Å². The fraction of sp³-hybridized carbons (Fsp3) is 0.917. The SMILES string of the molecule is CNC(Cc1nnn(C)n1)C1CN(C)CCCN1C. The van der Waals surface area contributed by atoms with Gasteiger partial charge in [0.05, 0.1) is 7.05 Å². The Labute approximate surface area is 114 Å². The first-order valence-electron chi connectivity index (χ1n) is 6.89. The Kier molecular flexibility index (Phi) is 4.84. The van der Waals surface area contributed by atoms with Crippen LogP contribution in [0.3, 0.4) is 0 Å². The quantitative estimate of drug-likeness (QED) is 0.753. The molecule has 1 fully saturated rings. The molecule has 0 aliphatic carbocycles. The average molecular weight is 267 g/mol. The Hall–Kier alpha value is -1.05. The summed E-state index contributed by atoms with van der Waals surface area (Å²) in [5.74, 6) is 0.808. The fourth-order valence-electron chi connectivity index (χ4n) is 2.77. The first-order valence-corrected chi connectivity index (χ1v) is 6.89. The highest BCUT2D eigenvalue weighted by Crippen LogP contribution is 2.12. The number of hydrogen-bond acceptors (Lipinski definition) is 6. The highest BCUT2D eigenvalue weighted by Gasteiger charge is 2.28. The molecule has 0 amide bonds. The van der Waals surface area contributed by atoms with E-state index in [4.69, 9.17) is 0 Å². The van der Waals surface area contributed by atoms with Crippen molar-refractivity contribution >= 4 is 0 Å². The summed E-state index contributed by atoms with van der Waals surface area (Å²) in [6, 6.07) is 0.816. The van der Waals surface area contributed by atoms with E-state index < -0.39 is 0 Å². The molecule has 7 nitrogen and oxygen atoms in total. The van der Waals surface area contributed by atoms with Gasteiger partial charge in [0.1, 0.15) is 0 Å². The highest BCUT2D eigenvalue weighted by atomic mass is 15.6. The lowest BCUT2D eigenvalue weighted by Crippen LogP contribution is -2.52. The predicted molar refractivity (Wildman–Crippen MR) is 73.9 cm³/mol. The largest absolute Gasteiger partial charge is 0.315 e. The van der Waals surface area contributed by atoms with E-state index in [0.717, 1.165) is 25.3 Å². The molecule has 0 radical (unpaired) electrons. The standard InChI is InChI=1S/C12H25N7/c1-13-10(8-12-14-16-19(4)15-12)11-9-17(2)6-5-7-18(11)3/h10-11,13H,5-9H2,1-4H3. The van der Waals surface area contributed by atoms with Crippen molar-refractivity contribution in [2.24, 2.45) is 7.05 Å². The molecule has 1 aromatic heterocycles. The van der Waals surface area contributed by atoms with E-state index in [2.05, 4.69) is 44.6 Å². The van der Waals surface area contributed by atoms with Crippen molar-refractivity contribution in [2.75, 3.05) is 40.8 Å². The summed E-state index contributed by atoms with van der Waals surface area (Å²) in [6.07, 6.45) is 2.04. The van der Waals surface area contributed by atoms with Gasteiger partial charge in [-0.05, 0) is 45.9 Å². The molecule has 108 valence electrons. The molecule has 2 heterocycles. The van der Waals surface area contributed by atoms with Gasteiger partial charge in [-0.2, -0.15) is 4.80 Å². The van der Waals surface area contributed by atoms with Gasteiger partial charge in [-0.1, -0.05) is 0 Å². The van der Waals surface area contributed by atoms with Crippen LogP contribution in [0.1, 0.15) is 12.2 Å². The maximum absolute atomic E-state index is 4.28. The number of aromatic nitrogens is 4. The number of hydrogen-bond donors (Lipinski definition) is 1. The van der Waals surface area contributed by atoms with E-state index in [9.17, 15) is 0 Å². The van der Waals surface area contributed by atoms with Crippen LogP contribution in [-0.2, 0) is 13.5 Å². The van der Waals surface area contributed by atoms with Gasteiger partial charge in [-0.25, -0.2) is 0 Å². The first kappa shape index (κ1) is 14.4. The summed E-state index contributed by atoms with van der Waals surface area (Å²) in [5.41, 5.74) is 0. The molecule has 1 aromatic rings. The van der Waals surface area contributed by atoms with Gasteiger partial charge in [0.15, 0.2) is 5.82 Å². The molecule has 2 rings (SSSR count). The molecule has 19 heavy (non-hydrogen) atoms. The van der Waals surface area contributed by atoms with Crippen LogP contribution in [0.2, 0.25) is 0 Å². The van der Waals surface area contributed by atoms with Gasteiger partial charge >= 0.3 is 0 Å². The summed E-state index contributed by atoms with van der Waals surface area (Å²) in [6.45, 7) is 3.38. The minimum atomic E-state index is 0.342. The number of nitrogens with one attached hydrogen (secondary N) is 1. The lowest BCUT2D eigenvalue weighted by Gasteiger charge is -2.33. The number of rotatable bonds is 4. The lowest BCUT2D eigenvalue weighted by molar-refractivity contribution is 0.180. The second-order valence-electron chi connectivity index (χ2n) is 5.46. The number of tetrazole rings is 1. The van der Waals surface area contributed by atoms with E-state index in [1.807, 2.05) is 7.05 Å². The smallest absolute Gasteiger partial charge is 0.176 e. The van der Waals surface area contributed by atoms with Gasteiger partial charge in [-0.15, -0.1) is 10.2 Å². The maximum atomic E-state index is 4.28. The Morgan fingerprint density at radius 3 is 2.74 bits per heavy atom. The molecule has 0 aromatic carbocycles. The molecular weight excluding hydrogens is 242 g/mol. The van der Waals surface area contributed by atoms with Crippen molar-refractivity contribution in [1.82, 2.24) is 35.3 Å². The molecule has 2 unspecified atom stereocenters. The van der Waals surface area contributed by atoms with Crippen LogP contribution in [0.4, 0.5) is 0 Å². The van der Waals surface area contributed by atoms with Crippen molar-refractivity contribution in [3.05, 3.63) is 5.82 Å². The third-order valence-corrected chi connectivity index (χ3v) is 3.90. The van der Waals surface area contributed by atoms with Crippen molar-refractivity contribution in [2.45, 2.75) is 24.9 Å². The minimum absolute atomic E-state index is 0.342. The Morgan fingerprint density at radius 1 is 1.32 bits per heavy atom. The molecule has 2 atom stereocenters. The molecule has 0 spiro atoms. The van der Waals surface area contributed by atoms with Gasteiger partial charge < -0.3 is 15.1 Å². The summed E-state index contributed by atoms with van der Waals surface area (Å²) in [7, 11) is 8.22. The van der Waals surface area contributed by atoms with Gasteiger partial charge in [0, 0.05) is 25.0 Å². The Balaban J connectivity index is 2.06. The highest BCUT2D eigenvalue weighted by molar-refractivity contribution is 4.93. The average Bonchev–Trinajstić information content (AvgIpc) is 2.70. The van der Waals surface area contributed by atoms with Crippen LogP contribution in [0.25, 0.3) is 0 Å². The zero-order valence-electron chi connectivity index (χ0n) is 12.4. The molecular formula is C12H25N7. The Morgan fingerprint density at radius 2 is 2.11 bits per heavy atom. The minimum Gasteiger partial charge on any atom is -0.315 e.